The molecule has 1 aromatic heterocycles. The Hall–Kier alpha value is -1.59. The third-order valence-electron chi connectivity index (χ3n) is 2.14. The SMILES string of the molecule is CC(=O)NC(Cc1ccc[se]1)(C(=O)O)C(=O)O. The molecular formula is C10H11NO5Se. The molecule has 1 aromatic rings. The van der Waals surface area contributed by atoms with Gasteiger partial charge in [-0.25, -0.2) is 0 Å². The summed E-state index contributed by atoms with van der Waals surface area (Å²) in [5.41, 5.74) is -2.27. The van der Waals surface area contributed by atoms with Crippen LogP contribution in [0.25, 0.3) is 0 Å². The summed E-state index contributed by atoms with van der Waals surface area (Å²) in [6.07, 6.45) is -0.218. The fourth-order valence-electron chi connectivity index (χ4n) is 1.37. The average Bonchev–Trinajstić information content (AvgIpc) is 2.67. The quantitative estimate of drug-likeness (QED) is 0.494. The van der Waals surface area contributed by atoms with Crippen LogP contribution in [0.4, 0.5) is 0 Å². The molecular weight excluding hydrogens is 293 g/mol. The molecule has 17 heavy (non-hydrogen) atoms. The molecule has 3 N–H and O–H groups in total. The maximum atomic E-state index is 11.1. The van der Waals surface area contributed by atoms with E-state index in [1.54, 1.807) is 12.1 Å². The summed E-state index contributed by atoms with van der Waals surface area (Å²) in [5, 5.41) is 20.2. The van der Waals surface area contributed by atoms with Crippen LogP contribution in [0.3, 0.4) is 0 Å². The third-order valence-corrected chi connectivity index (χ3v) is 3.98. The van der Waals surface area contributed by atoms with Crippen LogP contribution in [0.15, 0.2) is 17.1 Å². The van der Waals surface area contributed by atoms with Gasteiger partial charge in [-0.3, -0.25) is 0 Å². The molecule has 0 spiro atoms. The van der Waals surface area contributed by atoms with E-state index in [-0.39, 0.29) is 20.9 Å². The molecule has 92 valence electrons. The monoisotopic (exact) mass is 305 g/mol. The topological polar surface area (TPSA) is 104 Å². The van der Waals surface area contributed by atoms with E-state index in [1.165, 1.54) is 0 Å². The van der Waals surface area contributed by atoms with Crippen molar-refractivity contribution in [1.29, 1.82) is 0 Å². The standard InChI is InChI=1S/C10H11NO5Se/c1-6(12)11-10(8(13)14,9(15)16)5-7-3-2-4-17-7/h2-4H,5H2,1H3,(H,11,12)(H,13,14)(H,15,16). The van der Waals surface area contributed by atoms with Crippen molar-refractivity contribution in [1.82, 2.24) is 5.32 Å². The molecule has 0 atom stereocenters. The maximum absolute atomic E-state index is 11.1. The van der Waals surface area contributed by atoms with E-state index in [4.69, 9.17) is 10.2 Å². The summed E-state index contributed by atoms with van der Waals surface area (Å²) in [6.45, 7) is 1.09. The number of aliphatic carboxylic acids is 2. The molecule has 1 heterocycles. The first-order chi connectivity index (χ1) is 7.88. The number of carboxylic acid groups (broad SMARTS) is 2. The van der Waals surface area contributed by atoms with Crippen molar-refractivity contribution in [3.63, 3.8) is 0 Å². The van der Waals surface area contributed by atoms with Crippen molar-refractivity contribution >= 4 is 32.3 Å². The van der Waals surface area contributed by atoms with Crippen LogP contribution in [-0.2, 0) is 20.8 Å². The molecule has 7 heteroatoms. The Morgan fingerprint density at radius 1 is 1.35 bits per heavy atom. The van der Waals surface area contributed by atoms with E-state index < -0.39 is 23.4 Å². The molecule has 0 radical (unpaired) electrons. The van der Waals surface area contributed by atoms with Gasteiger partial charge in [0.25, 0.3) is 0 Å². The fourth-order valence-corrected chi connectivity index (χ4v) is 3.02. The van der Waals surface area contributed by atoms with E-state index in [1.807, 2.05) is 10.3 Å². The van der Waals surface area contributed by atoms with Gasteiger partial charge in [0.2, 0.25) is 0 Å². The second kappa shape index (κ2) is 5.16. The predicted molar refractivity (Wildman–Crippen MR) is 58.9 cm³/mol. The molecule has 0 aliphatic heterocycles. The zero-order chi connectivity index (χ0) is 13.1. The van der Waals surface area contributed by atoms with Crippen LogP contribution in [0.5, 0.6) is 0 Å². The second-order valence-electron chi connectivity index (χ2n) is 3.45. The third kappa shape index (κ3) is 2.95. The summed E-state index contributed by atoms with van der Waals surface area (Å²) in [5.74, 6) is -3.82. The second-order valence-corrected chi connectivity index (χ2v) is 5.62. The Morgan fingerprint density at radius 2 is 1.94 bits per heavy atom. The van der Waals surface area contributed by atoms with Gasteiger partial charge in [0.1, 0.15) is 0 Å². The van der Waals surface area contributed by atoms with Gasteiger partial charge in [-0.1, -0.05) is 0 Å². The summed E-state index contributed by atoms with van der Waals surface area (Å²) >= 11 is -0.0470. The fraction of sp³-hybridized carbons (Fsp3) is 0.300. The van der Waals surface area contributed by atoms with E-state index in [0.29, 0.717) is 0 Å². The van der Waals surface area contributed by atoms with E-state index in [2.05, 4.69) is 0 Å². The first-order valence-electron chi connectivity index (χ1n) is 4.66. The normalized spacial score (nSPS) is 10.9. The van der Waals surface area contributed by atoms with Gasteiger partial charge in [0.15, 0.2) is 0 Å². The van der Waals surface area contributed by atoms with E-state index >= 15 is 0 Å². The van der Waals surface area contributed by atoms with Crippen molar-refractivity contribution in [3.05, 3.63) is 21.5 Å². The molecule has 1 amide bonds. The van der Waals surface area contributed by atoms with Crippen molar-refractivity contribution in [2.45, 2.75) is 18.9 Å². The Bertz CT molecular complexity index is 426. The molecule has 0 unspecified atom stereocenters. The van der Waals surface area contributed by atoms with Gasteiger partial charge in [-0.05, 0) is 0 Å². The van der Waals surface area contributed by atoms with Gasteiger partial charge in [-0.2, -0.15) is 0 Å². The summed E-state index contributed by atoms with van der Waals surface area (Å²) in [6, 6.07) is 3.43. The molecule has 0 fully saturated rings. The Balaban J connectivity index is 3.10. The number of rotatable bonds is 5. The number of nitrogens with one attached hydrogen (secondary N) is 1. The zero-order valence-corrected chi connectivity index (χ0v) is 10.7. The van der Waals surface area contributed by atoms with E-state index in [9.17, 15) is 14.4 Å². The van der Waals surface area contributed by atoms with Crippen LogP contribution in [-0.4, -0.2) is 48.1 Å². The number of carbonyl (C=O) groups is 3. The van der Waals surface area contributed by atoms with Gasteiger partial charge >= 0.3 is 103 Å². The Labute approximate surface area is 103 Å². The van der Waals surface area contributed by atoms with Gasteiger partial charge in [0, 0.05) is 0 Å². The molecule has 0 aromatic carbocycles. The van der Waals surface area contributed by atoms with Crippen LogP contribution >= 0.6 is 0 Å². The van der Waals surface area contributed by atoms with Crippen LogP contribution < -0.4 is 5.32 Å². The molecule has 6 nitrogen and oxygen atoms in total. The zero-order valence-electron chi connectivity index (χ0n) is 8.97. The summed E-state index contributed by atoms with van der Waals surface area (Å²) < 4.78 is 0.719. The molecule has 1 rings (SSSR count). The molecule has 0 saturated carbocycles. The molecule has 0 aliphatic rings. The Morgan fingerprint density at radius 3 is 2.29 bits per heavy atom. The van der Waals surface area contributed by atoms with Crippen molar-refractivity contribution in [3.8, 4) is 0 Å². The van der Waals surface area contributed by atoms with Crippen LogP contribution in [0, 0.1) is 0 Å². The van der Waals surface area contributed by atoms with Crippen molar-refractivity contribution < 1.29 is 24.6 Å². The number of amides is 1. The average molecular weight is 304 g/mol. The van der Waals surface area contributed by atoms with Gasteiger partial charge in [0.05, 0.1) is 0 Å². The minimum atomic E-state index is -2.27. The molecule has 0 saturated heterocycles. The van der Waals surface area contributed by atoms with Crippen molar-refractivity contribution in [2.24, 2.45) is 0 Å². The first kappa shape index (κ1) is 13.5. The van der Waals surface area contributed by atoms with Crippen LogP contribution in [0.2, 0.25) is 0 Å². The first-order valence-corrected chi connectivity index (χ1v) is 6.51. The number of carboxylic acids is 2. The number of hydrogen-bond donors (Lipinski definition) is 3. The predicted octanol–water partition coefficient (Wildman–Crippen LogP) is -0.670. The summed E-state index contributed by atoms with van der Waals surface area (Å²) in [4.78, 5) is 35.1. The molecule has 0 bridgehead atoms. The number of carbonyl (C=O) groups excluding carboxylic acids is 1. The molecule has 0 aliphatic carbocycles. The summed E-state index contributed by atoms with van der Waals surface area (Å²) in [7, 11) is 0. The minimum absolute atomic E-state index is 0.0470. The van der Waals surface area contributed by atoms with Gasteiger partial charge < -0.3 is 0 Å². The van der Waals surface area contributed by atoms with Crippen LogP contribution in [0.1, 0.15) is 11.4 Å². The number of hydrogen-bond acceptors (Lipinski definition) is 3. The van der Waals surface area contributed by atoms with Crippen molar-refractivity contribution in [2.75, 3.05) is 0 Å². The van der Waals surface area contributed by atoms with E-state index in [0.717, 1.165) is 11.4 Å². The van der Waals surface area contributed by atoms with Gasteiger partial charge in [-0.15, -0.1) is 0 Å². The Kier molecular flexibility index (Phi) is 4.09.